The molecule has 3 aromatic heterocycles. The van der Waals surface area contributed by atoms with Gasteiger partial charge in [0.15, 0.2) is 17.8 Å². The average molecular weight is 351 g/mol. The first kappa shape index (κ1) is 17.3. The van der Waals surface area contributed by atoms with Gasteiger partial charge in [-0.25, -0.2) is 4.98 Å². The van der Waals surface area contributed by atoms with E-state index in [0.29, 0.717) is 34.9 Å². The van der Waals surface area contributed by atoms with Crippen molar-refractivity contribution in [2.45, 2.75) is 6.61 Å². The molecule has 0 saturated heterocycles. The molecule has 26 heavy (non-hydrogen) atoms. The highest BCUT2D eigenvalue weighted by Gasteiger charge is 2.15. The quantitative estimate of drug-likeness (QED) is 0.605. The zero-order chi connectivity index (χ0) is 18.4. The highest BCUT2D eigenvalue weighted by Crippen LogP contribution is 2.30. The van der Waals surface area contributed by atoms with Crippen molar-refractivity contribution in [2.75, 3.05) is 14.2 Å². The van der Waals surface area contributed by atoms with E-state index in [2.05, 4.69) is 15.0 Å². The number of nitrogens with zero attached hydrogens (tertiary/aromatic N) is 3. The number of aromatic nitrogens is 3. The van der Waals surface area contributed by atoms with Crippen molar-refractivity contribution in [3.05, 3.63) is 60.2 Å². The minimum atomic E-state index is 0.191. The van der Waals surface area contributed by atoms with E-state index in [0.717, 1.165) is 11.1 Å². The minimum absolute atomic E-state index is 0.191. The summed E-state index contributed by atoms with van der Waals surface area (Å²) in [5.41, 5.74) is 2.58. The maximum Gasteiger partial charge on any atom is 0.222 e. The Bertz CT molecular complexity index is 915. The predicted octanol–water partition coefficient (Wildman–Crippen LogP) is 2.95. The van der Waals surface area contributed by atoms with E-state index in [9.17, 15) is 4.79 Å². The van der Waals surface area contributed by atoms with Gasteiger partial charge in [-0.2, -0.15) is 0 Å². The second kappa shape index (κ2) is 8.06. The Morgan fingerprint density at radius 2 is 1.77 bits per heavy atom. The fourth-order valence-corrected chi connectivity index (χ4v) is 2.51. The first-order valence-electron chi connectivity index (χ1n) is 7.81. The summed E-state index contributed by atoms with van der Waals surface area (Å²) >= 11 is 0. The van der Waals surface area contributed by atoms with Crippen LogP contribution in [0.1, 0.15) is 15.9 Å². The number of hydrogen-bond acceptors (Lipinski definition) is 7. The topological polar surface area (TPSA) is 83.4 Å². The van der Waals surface area contributed by atoms with Crippen LogP contribution in [0.25, 0.3) is 11.3 Å². The third kappa shape index (κ3) is 3.46. The molecule has 0 aliphatic rings. The summed E-state index contributed by atoms with van der Waals surface area (Å²) < 4.78 is 16.3. The van der Waals surface area contributed by atoms with Crippen molar-refractivity contribution >= 4 is 6.29 Å². The van der Waals surface area contributed by atoms with Crippen LogP contribution in [0.4, 0.5) is 0 Å². The van der Waals surface area contributed by atoms with E-state index in [1.165, 1.54) is 19.5 Å². The van der Waals surface area contributed by atoms with Crippen LogP contribution >= 0.6 is 0 Å². The Balaban J connectivity index is 1.92. The van der Waals surface area contributed by atoms with Crippen LogP contribution in [0.3, 0.4) is 0 Å². The molecule has 3 heterocycles. The average Bonchev–Trinajstić information content (AvgIpc) is 2.71. The van der Waals surface area contributed by atoms with Crippen molar-refractivity contribution < 1.29 is 19.0 Å². The Labute approximate surface area is 150 Å². The van der Waals surface area contributed by atoms with Crippen molar-refractivity contribution in [2.24, 2.45) is 0 Å². The van der Waals surface area contributed by atoms with E-state index in [1.807, 2.05) is 24.3 Å². The first-order chi connectivity index (χ1) is 12.8. The number of rotatable bonds is 7. The lowest BCUT2D eigenvalue weighted by molar-refractivity contribution is 0.111. The van der Waals surface area contributed by atoms with Gasteiger partial charge in [0, 0.05) is 18.0 Å². The van der Waals surface area contributed by atoms with Crippen molar-refractivity contribution in [1.29, 1.82) is 0 Å². The van der Waals surface area contributed by atoms with Gasteiger partial charge < -0.3 is 14.2 Å². The summed E-state index contributed by atoms with van der Waals surface area (Å²) in [5.74, 6) is 1.18. The smallest absolute Gasteiger partial charge is 0.222 e. The molecule has 0 aliphatic heterocycles. The number of methoxy groups -OCH3 is 2. The molecule has 132 valence electrons. The molecule has 0 unspecified atom stereocenters. The molecule has 0 bridgehead atoms. The number of aldehydes is 1. The summed E-state index contributed by atoms with van der Waals surface area (Å²) in [4.78, 5) is 24.0. The van der Waals surface area contributed by atoms with Crippen LogP contribution in [-0.4, -0.2) is 35.5 Å². The summed E-state index contributed by atoms with van der Waals surface area (Å²) in [5, 5.41) is 0. The first-order valence-corrected chi connectivity index (χ1v) is 7.81. The molecule has 0 saturated carbocycles. The molecule has 7 heteroatoms. The van der Waals surface area contributed by atoms with E-state index in [-0.39, 0.29) is 6.61 Å². The molecule has 3 aromatic rings. The summed E-state index contributed by atoms with van der Waals surface area (Å²) in [7, 11) is 3.03. The Morgan fingerprint density at radius 3 is 2.54 bits per heavy atom. The third-order valence-corrected chi connectivity index (χ3v) is 3.75. The predicted molar refractivity (Wildman–Crippen MR) is 94.5 cm³/mol. The molecule has 0 aromatic carbocycles. The molecule has 0 spiro atoms. The molecule has 0 atom stereocenters. The van der Waals surface area contributed by atoms with Gasteiger partial charge in [-0.1, -0.05) is 6.07 Å². The Morgan fingerprint density at radius 1 is 1.00 bits per heavy atom. The highest BCUT2D eigenvalue weighted by atomic mass is 16.5. The van der Waals surface area contributed by atoms with Crippen LogP contribution in [0.5, 0.6) is 17.4 Å². The largest absolute Gasteiger partial charge is 0.494 e. The van der Waals surface area contributed by atoms with E-state index < -0.39 is 0 Å². The van der Waals surface area contributed by atoms with E-state index in [1.54, 1.807) is 19.5 Å². The number of carbonyl (C=O) groups excluding carboxylic acids is 1. The summed E-state index contributed by atoms with van der Waals surface area (Å²) in [6, 6.07) is 7.40. The third-order valence-electron chi connectivity index (χ3n) is 3.75. The van der Waals surface area contributed by atoms with Crippen LogP contribution in [0.15, 0.2) is 49.1 Å². The second-order valence-corrected chi connectivity index (χ2v) is 5.23. The number of pyridine rings is 3. The van der Waals surface area contributed by atoms with Crippen LogP contribution in [-0.2, 0) is 6.61 Å². The molecule has 0 amide bonds. The standard InChI is InChI=1S/C19H17N3O4/c1-24-16-9-20-10-17(15(16)11-23)26-12-13-5-3-7-21-18(13)14-6-4-8-22-19(14)25-2/h3-11H,12H2,1-2H3. The fourth-order valence-electron chi connectivity index (χ4n) is 2.51. The van der Waals surface area contributed by atoms with Gasteiger partial charge in [-0.3, -0.25) is 14.8 Å². The normalized spacial score (nSPS) is 10.2. The minimum Gasteiger partial charge on any atom is -0.494 e. The van der Waals surface area contributed by atoms with E-state index in [4.69, 9.17) is 14.2 Å². The second-order valence-electron chi connectivity index (χ2n) is 5.23. The van der Waals surface area contributed by atoms with Crippen molar-refractivity contribution in [1.82, 2.24) is 15.0 Å². The SMILES string of the molecule is COc1cncc(OCc2cccnc2-c2cccnc2OC)c1C=O. The van der Waals surface area contributed by atoms with Crippen molar-refractivity contribution in [3.63, 3.8) is 0 Å². The number of ether oxygens (including phenoxy) is 3. The molecule has 7 nitrogen and oxygen atoms in total. The maximum absolute atomic E-state index is 11.4. The van der Waals surface area contributed by atoms with Gasteiger partial charge in [0.1, 0.15) is 12.2 Å². The molecular weight excluding hydrogens is 334 g/mol. The fraction of sp³-hybridized carbons (Fsp3) is 0.158. The van der Waals surface area contributed by atoms with Crippen LogP contribution < -0.4 is 14.2 Å². The molecule has 0 radical (unpaired) electrons. The number of carbonyl (C=O) groups is 1. The van der Waals surface area contributed by atoms with Crippen LogP contribution in [0.2, 0.25) is 0 Å². The van der Waals surface area contributed by atoms with E-state index >= 15 is 0 Å². The van der Waals surface area contributed by atoms with Gasteiger partial charge in [-0.05, 0) is 18.2 Å². The van der Waals surface area contributed by atoms with Gasteiger partial charge in [0.05, 0.1) is 37.9 Å². The number of hydrogen-bond donors (Lipinski definition) is 0. The monoisotopic (exact) mass is 351 g/mol. The molecule has 0 aliphatic carbocycles. The molecular formula is C19H17N3O4. The Kier molecular flexibility index (Phi) is 5.38. The lowest BCUT2D eigenvalue weighted by atomic mass is 10.1. The zero-order valence-corrected chi connectivity index (χ0v) is 14.4. The molecule has 3 rings (SSSR count). The van der Waals surface area contributed by atoms with Gasteiger partial charge >= 0.3 is 0 Å². The van der Waals surface area contributed by atoms with Gasteiger partial charge in [0.2, 0.25) is 5.88 Å². The molecule has 0 N–H and O–H groups in total. The van der Waals surface area contributed by atoms with Gasteiger partial charge in [0.25, 0.3) is 0 Å². The van der Waals surface area contributed by atoms with Gasteiger partial charge in [-0.15, -0.1) is 0 Å². The Hall–Kier alpha value is -3.48. The molecule has 0 fully saturated rings. The summed E-state index contributed by atoms with van der Waals surface area (Å²) in [6.07, 6.45) is 6.97. The zero-order valence-electron chi connectivity index (χ0n) is 14.4. The lowest BCUT2D eigenvalue weighted by Crippen LogP contribution is -2.04. The van der Waals surface area contributed by atoms with Crippen LogP contribution in [0, 0.1) is 0 Å². The summed E-state index contributed by atoms with van der Waals surface area (Å²) in [6.45, 7) is 0.191. The maximum atomic E-state index is 11.4. The van der Waals surface area contributed by atoms with Crippen molar-refractivity contribution in [3.8, 4) is 28.6 Å². The highest BCUT2D eigenvalue weighted by molar-refractivity contribution is 5.83. The lowest BCUT2D eigenvalue weighted by Gasteiger charge is -2.13.